The highest BCUT2D eigenvalue weighted by Gasteiger charge is 2.46. The van der Waals surface area contributed by atoms with Gasteiger partial charge >= 0.3 is 5.97 Å². The highest BCUT2D eigenvalue weighted by atomic mass is 35.5. The zero-order valence-corrected chi connectivity index (χ0v) is 14.8. The number of imide groups is 1. The monoisotopic (exact) mass is 375 g/mol. The Balaban J connectivity index is 1.47. The number of halogens is 1. The second kappa shape index (κ2) is 7.83. The number of Topliss-reactive ketones (excluding diaryl/α,β-unsaturated/α-hetero) is 1. The minimum absolute atomic E-state index is 0.0152. The molecule has 1 aromatic rings. The number of rotatable bonds is 6. The van der Waals surface area contributed by atoms with Crippen LogP contribution >= 0.6 is 11.6 Å². The lowest BCUT2D eigenvalue weighted by Crippen LogP contribution is -2.33. The van der Waals surface area contributed by atoms with Crippen LogP contribution < -0.4 is 0 Å². The molecule has 7 heteroatoms. The van der Waals surface area contributed by atoms with Crippen molar-refractivity contribution in [3.63, 3.8) is 0 Å². The fraction of sp³-hybridized carbons (Fsp3) is 0.368. The van der Waals surface area contributed by atoms with Gasteiger partial charge in [0, 0.05) is 17.1 Å². The summed E-state index contributed by atoms with van der Waals surface area (Å²) >= 11 is 5.76. The van der Waals surface area contributed by atoms with Crippen LogP contribution in [0.5, 0.6) is 0 Å². The zero-order valence-electron chi connectivity index (χ0n) is 14.0. The fourth-order valence-corrected chi connectivity index (χ4v) is 3.36. The molecule has 0 aromatic heterocycles. The molecule has 2 amide bonds. The lowest BCUT2D eigenvalue weighted by atomic mass is 9.85. The number of carbonyl (C=O) groups is 4. The number of allylic oxidation sites excluding steroid dienone is 2. The molecule has 1 fully saturated rings. The van der Waals surface area contributed by atoms with Crippen LogP contribution in [0.25, 0.3) is 0 Å². The molecule has 3 rings (SSSR count). The van der Waals surface area contributed by atoms with Gasteiger partial charge in [-0.3, -0.25) is 24.1 Å². The van der Waals surface area contributed by atoms with E-state index in [1.807, 2.05) is 12.2 Å². The van der Waals surface area contributed by atoms with Gasteiger partial charge in [0.2, 0.25) is 11.8 Å². The second-order valence-corrected chi connectivity index (χ2v) is 6.76. The Morgan fingerprint density at radius 1 is 1.04 bits per heavy atom. The van der Waals surface area contributed by atoms with Gasteiger partial charge in [0.25, 0.3) is 0 Å². The average Bonchev–Trinajstić information content (AvgIpc) is 2.89. The maximum atomic E-state index is 12.3. The molecule has 26 heavy (non-hydrogen) atoms. The lowest BCUT2D eigenvalue weighted by Gasteiger charge is -2.14. The largest absolute Gasteiger partial charge is 0.457 e. The van der Waals surface area contributed by atoms with E-state index in [4.69, 9.17) is 16.3 Å². The summed E-state index contributed by atoms with van der Waals surface area (Å²) in [4.78, 5) is 49.5. The van der Waals surface area contributed by atoms with Crippen molar-refractivity contribution in [3.8, 4) is 0 Å². The molecule has 1 aliphatic carbocycles. The SMILES string of the molecule is O=C(CCN1C(=O)[C@H]2CC=CC[C@H]2C1=O)OCC(=O)c1ccc(Cl)cc1. The van der Waals surface area contributed by atoms with Crippen molar-refractivity contribution in [1.29, 1.82) is 0 Å². The molecule has 0 N–H and O–H groups in total. The van der Waals surface area contributed by atoms with E-state index < -0.39 is 12.6 Å². The second-order valence-electron chi connectivity index (χ2n) is 6.32. The number of ether oxygens (including phenoxy) is 1. The van der Waals surface area contributed by atoms with Crippen LogP contribution in [0.15, 0.2) is 36.4 Å². The summed E-state index contributed by atoms with van der Waals surface area (Å²) in [5.74, 6) is -2.05. The molecular weight excluding hydrogens is 358 g/mol. The number of carbonyl (C=O) groups excluding carboxylic acids is 4. The molecule has 1 aliphatic heterocycles. The van der Waals surface area contributed by atoms with Gasteiger partial charge in [0.05, 0.1) is 18.3 Å². The minimum Gasteiger partial charge on any atom is -0.457 e. The quantitative estimate of drug-likeness (QED) is 0.330. The number of fused-ring (bicyclic) bond motifs is 1. The molecule has 0 radical (unpaired) electrons. The van der Waals surface area contributed by atoms with Gasteiger partial charge in [-0.05, 0) is 37.1 Å². The van der Waals surface area contributed by atoms with E-state index >= 15 is 0 Å². The van der Waals surface area contributed by atoms with Crippen molar-refractivity contribution in [2.75, 3.05) is 13.2 Å². The van der Waals surface area contributed by atoms with E-state index in [0.29, 0.717) is 23.4 Å². The van der Waals surface area contributed by atoms with Gasteiger partial charge in [0.15, 0.2) is 12.4 Å². The Hall–Kier alpha value is -2.47. The summed E-state index contributed by atoms with van der Waals surface area (Å²) in [7, 11) is 0. The van der Waals surface area contributed by atoms with Crippen molar-refractivity contribution in [1.82, 2.24) is 4.90 Å². The maximum Gasteiger partial charge on any atom is 0.308 e. The molecule has 1 saturated heterocycles. The summed E-state index contributed by atoms with van der Waals surface area (Å²) in [6.45, 7) is -0.407. The van der Waals surface area contributed by atoms with Gasteiger partial charge in [0.1, 0.15) is 0 Å². The molecule has 0 unspecified atom stereocenters. The Morgan fingerprint density at radius 3 is 2.19 bits per heavy atom. The highest BCUT2D eigenvalue weighted by molar-refractivity contribution is 6.30. The van der Waals surface area contributed by atoms with Crippen LogP contribution in [0.4, 0.5) is 0 Å². The van der Waals surface area contributed by atoms with Gasteiger partial charge in [-0.15, -0.1) is 0 Å². The summed E-state index contributed by atoms with van der Waals surface area (Å²) in [6.07, 6.45) is 4.81. The topological polar surface area (TPSA) is 80.8 Å². The lowest BCUT2D eigenvalue weighted by molar-refractivity contribution is -0.145. The molecule has 2 aliphatic rings. The van der Waals surface area contributed by atoms with Crippen molar-refractivity contribution in [2.45, 2.75) is 19.3 Å². The third-order valence-corrected chi connectivity index (χ3v) is 4.92. The van der Waals surface area contributed by atoms with Crippen molar-refractivity contribution in [2.24, 2.45) is 11.8 Å². The first kappa shape index (κ1) is 18.3. The standard InChI is InChI=1S/C19H18ClNO5/c20-13-7-5-12(6-8-13)16(22)11-26-17(23)9-10-21-18(24)14-3-1-2-4-15(14)19(21)25/h1-2,5-8,14-15H,3-4,9-11H2/t14-,15+. The number of ketones is 1. The number of esters is 1. The summed E-state index contributed by atoms with van der Waals surface area (Å²) < 4.78 is 4.95. The predicted molar refractivity (Wildman–Crippen MR) is 93.4 cm³/mol. The first-order valence-corrected chi connectivity index (χ1v) is 8.80. The van der Waals surface area contributed by atoms with E-state index in [-0.39, 0.29) is 42.4 Å². The fourth-order valence-electron chi connectivity index (χ4n) is 3.23. The number of nitrogens with zero attached hydrogens (tertiary/aromatic N) is 1. The van der Waals surface area contributed by atoms with Crippen LogP contribution in [-0.2, 0) is 19.1 Å². The maximum absolute atomic E-state index is 12.3. The Labute approximate surface area is 155 Å². The third kappa shape index (κ3) is 3.85. The van der Waals surface area contributed by atoms with E-state index in [9.17, 15) is 19.2 Å². The van der Waals surface area contributed by atoms with Crippen LogP contribution in [0, 0.1) is 11.8 Å². The number of likely N-dealkylation sites (tertiary alicyclic amines) is 1. The van der Waals surface area contributed by atoms with Gasteiger partial charge in [-0.2, -0.15) is 0 Å². The van der Waals surface area contributed by atoms with Crippen LogP contribution in [0.2, 0.25) is 5.02 Å². The molecule has 0 bridgehead atoms. The summed E-state index contributed by atoms with van der Waals surface area (Å²) in [6, 6.07) is 6.26. The van der Waals surface area contributed by atoms with Crippen molar-refractivity contribution < 1.29 is 23.9 Å². The van der Waals surface area contributed by atoms with Gasteiger partial charge < -0.3 is 4.74 Å². The number of amides is 2. The number of hydrogen-bond donors (Lipinski definition) is 0. The predicted octanol–water partition coefficient (Wildman–Crippen LogP) is 2.41. The van der Waals surface area contributed by atoms with E-state index in [2.05, 4.69) is 0 Å². The van der Waals surface area contributed by atoms with Crippen LogP contribution in [-0.4, -0.2) is 41.6 Å². The summed E-state index contributed by atoms with van der Waals surface area (Å²) in [5.41, 5.74) is 0.392. The molecule has 1 heterocycles. The number of hydrogen-bond acceptors (Lipinski definition) is 5. The van der Waals surface area contributed by atoms with Gasteiger partial charge in [-0.25, -0.2) is 0 Å². The molecule has 6 nitrogen and oxygen atoms in total. The van der Waals surface area contributed by atoms with E-state index in [1.165, 1.54) is 0 Å². The van der Waals surface area contributed by atoms with E-state index in [0.717, 1.165) is 4.90 Å². The molecular formula is C19H18ClNO5. The molecule has 1 aromatic carbocycles. The van der Waals surface area contributed by atoms with Crippen molar-refractivity contribution >= 4 is 35.2 Å². The number of benzene rings is 1. The Morgan fingerprint density at radius 2 is 1.62 bits per heavy atom. The minimum atomic E-state index is -0.624. The van der Waals surface area contributed by atoms with Crippen LogP contribution in [0.3, 0.4) is 0 Å². The average molecular weight is 376 g/mol. The normalized spacial score (nSPS) is 21.7. The zero-order chi connectivity index (χ0) is 18.7. The summed E-state index contributed by atoms with van der Waals surface area (Å²) in [5, 5.41) is 0.509. The molecule has 0 saturated carbocycles. The first-order valence-electron chi connectivity index (χ1n) is 8.42. The first-order chi connectivity index (χ1) is 12.5. The molecule has 0 spiro atoms. The Kier molecular flexibility index (Phi) is 5.52. The smallest absolute Gasteiger partial charge is 0.308 e. The molecule has 136 valence electrons. The molecule has 2 atom stereocenters. The Bertz CT molecular complexity index is 745. The van der Waals surface area contributed by atoms with Crippen molar-refractivity contribution in [3.05, 3.63) is 47.0 Å². The highest BCUT2D eigenvalue weighted by Crippen LogP contribution is 2.34. The van der Waals surface area contributed by atoms with Gasteiger partial charge in [-0.1, -0.05) is 23.8 Å². The van der Waals surface area contributed by atoms with Crippen LogP contribution in [0.1, 0.15) is 29.6 Å². The van der Waals surface area contributed by atoms with E-state index in [1.54, 1.807) is 24.3 Å². The third-order valence-electron chi connectivity index (χ3n) is 4.67.